The molecule has 1 amide bonds. The van der Waals surface area contributed by atoms with Crippen LogP contribution in [0.3, 0.4) is 0 Å². The quantitative estimate of drug-likeness (QED) is 0.572. The van der Waals surface area contributed by atoms with E-state index in [2.05, 4.69) is 15.4 Å². The summed E-state index contributed by atoms with van der Waals surface area (Å²) < 4.78 is 22.9. The Morgan fingerprint density at radius 1 is 1.30 bits per heavy atom. The van der Waals surface area contributed by atoms with Crippen molar-refractivity contribution in [1.29, 1.82) is 0 Å². The molecule has 0 saturated heterocycles. The van der Waals surface area contributed by atoms with Gasteiger partial charge in [0.2, 0.25) is 5.91 Å². The molecule has 0 unspecified atom stereocenters. The molecule has 0 aliphatic carbocycles. The molecular formula is C13H17FN2O4. The van der Waals surface area contributed by atoms with Gasteiger partial charge < -0.3 is 20.1 Å². The minimum absolute atomic E-state index is 0.0191. The minimum atomic E-state index is -0.622. The number of carbonyl (C=O) groups excluding carboxylic acids is 2. The first-order chi connectivity index (χ1) is 9.58. The molecule has 20 heavy (non-hydrogen) atoms. The van der Waals surface area contributed by atoms with Gasteiger partial charge in [-0.2, -0.15) is 0 Å². The van der Waals surface area contributed by atoms with E-state index < -0.39 is 17.7 Å². The monoisotopic (exact) mass is 284 g/mol. The Morgan fingerprint density at radius 3 is 2.70 bits per heavy atom. The molecule has 0 saturated carbocycles. The molecule has 0 heterocycles. The number of nitrogens with one attached hydrogen (secondary N) is 2. The SMILES string of the molecule is COCCNCC(=O)Nc1cc(C(=O)OC)ccc1F. The fourth-order valence-electron chi connectivity index (χ4n) is 1.44. The standard InChI is InChI=1S/C13H17FN2O4/c1-19-6-5-15-8-12(17)16-11-7-9(13(18)20-2)3-4-10(11)14/h3-4,7,15H,5-6,8H2,1-2H3,(H,16,17). The fraction of sp³-hybridized carbons (Fsp3) is 0.385. The van der Waals surface area contributed by atoms with Gasteiger partial charge in [-0.1, -0.05) is 0 Å². The van der Waals surface area contributed by atoms with E-state index in [1.165, 1.54) is 19.2 Å². The molecule has 2 N–H and O–H groups in total. The molecule has 0 spiro atoms. The van der Waals surface area contributed by atoms with Gasteiger partial charge in [0.25, 0.3) is 0 Å². The van der Waals surface area contributed by atoms with Crippen molar-refractivity contribution in [2.75, 3.05) is 39.2 Å². The average Bonchev–Trinajstić information content (AvgIpc) is 2.45. The Hall–Kier alpha value is -1.99. The van der Waals surface area contributed by atoms with Gasteiger partial charge in [0.15, 0.2) is 0 Å². The van der Waals surface area contributed by atoms with Crippen molar-refractivity contribution >= 4 is 17.6 Å². The Balaban J connectivity index is 2.62. The van der Waals surface area contributed by atoms with Crippen molar-refractivity contribution in [3.05, 3.63) is 29.6 Å². The number of ether oxygens (including phenoxy) is 2. The number of carbonyl (C=O) groups is 2. The summed E-state index contributed by atoms with van der Waals surface area (Å²) in [6.45, 7) is 0.999. The van der Waals surface area contributed by atoms with Crippen LogP contribution in [0.4, 0.5) is 10.1 Å². The lowest BCUT2D eigenvalue weighted by Gasteiger charge is -2.08. The summed E-state index contributed by atoms with van der Waals surface area (Å²) in [6.07, 6.45) is 0. The largest absolute Gasteiger partial charge is 0.465 e. The van der Waals surface area contributed by atoms with Crippen LogP contribution < -0.4 is 10.6 Å². The second-order valence-corrected chi connectivity index (χ2v) is 3.90. The number of rotatable bonds is 7. The number of hydrogen-bond donors (Lipinski definition) is 2. The molecule has 6 nitrogen and oxygen atoms in total. The van der Waals surface area contributed by atoms with Crippen LogP contribution >= 0.6 is 0 Å². The van der Waals surface area contributed by atoms with Crippen LogP contribution in [-0.2, 0) is 14.3 Å². The summed E-state index contributed by atoms with van der Waals surface area (Å²) in [5.41, 5.74) is 0.1000. The highest BCUT2D eigenvalue weighted by Gasteiger charge is 2.11. The van der Waals surface area contributed by atoms with Gasteiger partial charge in [0, 0.05) is 13.7 Å². The second kappa shape index (κ2) is 8.23. The van der Waals surface area contributed by atoms with Crippen molar-refractivity contribution in [2.45, 2.75) is 0 Å². The molecule has 0 aromatic heterocycles. The third-order valence-electron chi connectivity index (χ3n) is 2.43. The predicted octanol–water partition coefficient (Wildman–Crippen LogP) is 0.787. The molecule has 0 bridgehead atoms. The Morgan fingerprint density at radius 2 is 2.05 bits per heavy atom. The number of esters is 1. The van der Waals surface area contributed by atoms with Gasteiger partial charge in [-0.05, 0) is 18.2 Å². The number of benzene rings is 1. The highest BCUT2D eigenvalue weighted by molar-refractivity contribution is 5.95. The van der Waals surface area contributed by atoms with Crippen LogP contribution in [0.25, 0.3) is 0 Å². The minimum Gasteiger partial charge on any atom is -0.465 e. The van der Waals surface area contributed by atoms with Gasteiger partial charge in [-0.15, -0.1) is 0 Å². The van der Waals surface area contributed by atoms with E-state index in [-0.39, 0.29) is 17.8 Å². The van der Waals surface area contributed by atoms with E-state index in [0.717, 1.165) is 6.07 Å². The maximum absolute atomic E-state index is 13.5. The van der Waals surface area contributed by atoms with Crippen LogP contribution in [-0.4, -0.2) is 45.8 Å². The van der Waals surface area contributed by atoms with Crippen molar-refractivity contribution in [1.82, 2.24) is 5.32 Å². The zero-order valence-electron chi connectivity index (χ0n) is 11.4. The lowest BCUT2D eigenvalue weighted by Crippen LogP contribution is -2.30. The van der Waals surface area contributed by atoms with Crippen LogP contribution in [0, 0.1) is 5.82 Å². The maximum Gasteiger partial charge on any atom is 0.337 e. The van der Waals surface area contributed by atoms with E-state index in [0.29, 0.717) is 13.2 Å². The molecule has 1 rings (SSSR count). The number of halogens is 1. The molecular weight excluding hydrogens is 267 g/mol. The number of anilines is 1. The van der Waals surface area contributed by atoms with Crippen molar-refractivity contribution in [3.63, 3.8) is 0 Å². The third-order valence-corrected chi connectivity index (χ3v) is 2.43. The van der Waals surface area contributed by atoms with E-state index in [1.54, 1.807) is 7.11 Å². The number of hydrogen-bond acceptors (Lipinski definition) is 5. The van der Waals surface area contributed by atoms with Crippen LogP contribution in [0.5, 0.6) is 0 Å². The predicted molar refractivity (Wildman–Crippen MR) is 71.1 cm³/mol. The summed E-state index contributed by atoms with van der Waals surface area (Å²) in [6, 6.07) is 3.61. The first-order valence-corrected chi connectivity index (χ1v) is 5.96. The molecule has 0 fully saturated rings. The van der Waals surface area contributed by atoms with Crippen LogP contribution in [0.2, 0.25) is 0 Å². The average molecular weight is 284 g/mol. The van der Waals surface area contributed by atoms with Gasteiger partial charge in [-0.3, -0.25) is 4.79 Å². The number of methoxy groups -OCH3 is 2. The second-order valence-electron chi connectivity index (χ2n) is 3.90. The number of amides is 1. The van der Waals surface area contributed by atoms with Crippen molar-refractivity contribution in [3.8, 4) is 0 Å². The molecule has 0 aliphatic heterocycles. The summed E-state index contributed by atoms with van der Waals surface area (Å²) in [4.78, 5) is 22.9. The van der Waals surface area contributed by atoms with E-state index in [4.69, 9.17) is 4.74 Å². The third kappa shape index (κ3) is 4.94. The normalized spacial score (nSPS) is 10.2. The first-order valence-electron chi connectivity index (χ1n) is 5.96. The highest BCUT2D eigenvalue weighted by Crippen LogP contribution is 2.16. The van der Waals surface area contributed by atoms with Crippen molar-refractivity contribution < 1.29 is 23.5 Å². The Labute approximate surface area is 116 Å². The van der Waals surface area contributed by atoms with Crippen molar-refractivity contribution in [2.24, 2.45) is 0 Å². The van der Waals surface area contributed by atoms with Crippen LogP contribution in [0.1, 0.15) is 10.4 Å². The van der Waals surface area contributed by atoms with Gasteiger partial charge in [0.05, 0.1) is 31.5 Å². The van der Waals surface area contributed by atoms with E-state index in [1.807, 2.05) is 0 Å². The molecule has 0 atom stereocenters. The van der Waals surface area contributed by atoms with Gasteiger partial charge in [0.1, 0.15) is 5.82 Å². The lowest BCUT2D eigenvalue weighted by atomic mass is 10.2. The summed E-state index contributed by atoms with van der Waals surface area (Å²) >= 11 is 0. The molecule has 0 radical (unpaired) electrons. The zero-order valence-corrected chi connectivity index (χ0v) is 11.4. The smallest absolute Gasteiger partial charge is 0.337 e. The first kappa shape index (κ1) is 16.1. The van der Waals surface area contributed by atoms with Gasteiger partial charge >= 0.3 is 5.97 Å². The topological polar surface area (TPSA) is 76.7 Å². The highest BCUT2D eigenvalue weighted by atomic mass is 19.1. The summed E-state index contributed by atoms with van der Waals surface area (Å²) in [5.74, 6) is -1.64. The summed E-state index contributed by atoms with van der Waals surface area (Å²) in [7, 11) is 2.78. The lowest BCUT2D eigenvalue weighted by molar-refractivity contribution is -0.115. The van der Waals surface area contributed by atoms with E-state index >= 15 is 0 Å². The zero-order chi connectivity index (χ0) is 15.0. The maximum atomic E-state index is 13.5. The Bertz CT molecular complexity index is 479. The van der Waals surface area contributed by atoms with E-state index in [9.17, 15) is 14.0 Å². The molecule has 7 heteroatoms. The Kier molecular flexibility index (Phi) is 6.61. The molecule has 1 aromatic rings. The molecule has 0 aliphatic rings. The molecule has 1 aromatic carbocycles. The van der Waals surface area contributed by atoms with Gasteiger partial charge in [-0.25, -0.2) is 9.18 Å². The molecule has 110 valence electrons. The summed E-state index contributed by atoms with van der Waals surface area (Å²) in [5, 5.41) is 5.20. The fourth-order valence-corrected chi connectivity index (χ4v) is 1.44. The van der Waals surface area contributed by atoms with Crippen LogP contribution in [0.15, 0.2) is 18.2 Å².